The van der Waals surface area contributed by atoms with Crippen LogP contribution in [-0.4, -0.2) is 41.5 Å². The number of nitrogens with one attached hydrogen (secondary N) is 1. The molecule has 2 saturated heterocycles. The second-order valence-electron chi connectivity index (χ2n) is 7.65. The van der Waals surface area contributed by atoms with Crippen molar-refractivity contribution in [1.29, 1.82) is 0 Å². The van der Waals surface area contributed by atoms with Crippen molar-refractivity contribution in [2.45, 2.75) is 38.1 Å². The van der Waals surface area contributed by atoms with E-state index in [2.05, 4.69) is 15.2 Å². The molecule has 27 heavy (non-hydrogen) atoms. The van der Waals surface area contributed by atoms with Crippen LogP contribution in [0.25, 0.3) is 11.3 Å². The molecule has 0 spiro atoms. The first kappa shape index (κ1) is 18.1. The van der Waals surface area contributed by atoms with Gasteiger partial charge < -0.3 is 10.2 Å². The number of carbonyl (C=O) groups excluding carboxylic acids is 1. The van der Waals surface area contributed by atoms with Crippen LogP contribution in [0.2, 0.25) is 0 Å². The van der Waals surface area contributed by atoms with E-state index in [-0.39, 0.29) is 11.7 Å². The van der Waals surface area contributed by atoms with Gasteiger partial charge in [0.05, 0.1) is 11.3 Å². The Kier molecular flexibility index (Phi) is 5.48. The summed E-state index contributed by atoms with van der Waals surface area (Å²) < 4.78 is 13.4. The minimum Gasteiger partial charge on any atom is -0.352 e. The highest BCUT2D eigenvalue weighted by Crippen LogP contribution is 2.30. The van der Waals surface area contributed by atoms with Crippen LogP contribution < -0.4 is 5.32 Å². The lowest BCUT2D eigenvalue weighted by Crippen LogP contribution is -2.51. The van der Waals surface area contributed by atoms with E-state index in [1.807, 2.05) is 6.07 Å². The number of halogens is 1. The molecular formula is C22H26FN3O. The van der Waals surface area contributed by atoms with Crippen LogP contribution in [0.1, 0.15) is 42.5 Å². The number of fused-ring (bicyclic) bond motifs is 1. The first-order valence-corrected chi connectivity index (χ1v) is 9.95. The van der Waals surface area contributed by atoms with Crippen LogP contribution in [-0.2, 0) is 0 Å². The Morgan fingerprint density at radius 3 is 2.85 bits per heavy atom. The zero-order chi connectivity index (χ0) is 18.6. The van der Waals surface area contributed by atoms with Crippen molar-refractivity contribution in [3.05, 3.63) is 54.0 Å². The third-order valence-electron chi connectivity index (χ3n) is 5.90. The fraction of sp³-hybridized carbons (Fsp3) is 0.455. The van der Waals surface area contributed by atoms with Crippen molar-refractivity contribution in [3.8, 4) is 11.3 Å². The Balaban J connectivity index is 1.37. The zero-order valence-electron chi connectivity index (χ0n) is 15.5. The highest BCUT2D eigenvalue weighted by Gasteiger charge is 2.32. The molecule has 1 aromatic heterocycles. The molecule has 4 rings (SSSR count). The van der Waals surface area contributed by atoms with Crippen molar-refractivity contribution >= 4 is 5.91 Å². The summed E-state index contributed by atoms with van der Waals surface area (Å²) in [6, 6.07) is 10.5. The van der Waals surface area contributed by atoms with E-state index in [9.17, 15) is 9.18 Å². The number of carbonyl (C=O) groups is 1. The van der Waals surface area contributed by atoms with Gasteiger partial charge in [-0.05, 0) is 69.0 Å². The molecule has 0 aliphatic carbocycles. The first-order valence-electron chi connectivity index (χ1n) is 9.95. The third-order valence-corrected chi connectivity index (χ3v) is 5.90. The molecule has 2 aliphatic heterocycles. The molecule has 0 bridgehead atoms. The average Bonchev–Trinajstić information content (AvgIpc) is 2.72. The number of piperidine rings is 2. The van der Waals surface area contributed by atoms with Gasteiger partial charge in [0, 0.05) is 24.3 Å². The van der Waals surface area contributed by atoms with E-state index < -0.39 is 0 Å². The van der Waals surface area contributed by atoms with Crippen LogP contribution >= 0.6 is 0 Å². The highest BCUT2D eigenvalue weighted by molar-refractivity contribution is 5.94. The van der Waals surface area contributed by atoms with Gasteiger partial charge in [-0.1, -0.05) is 18.6 Å². The minimum atomic E-state index is -0.291. The van der Waals surface area contributed by atoms with Gasteiger partial charge in [0.15, 0.2) is 0 Å². The van der Waals surface area contributed by atoms with Crippen LogP contribution in [0, 0.1) is 11.7 Å². The van der Waals surface area contributed by atoms with Gasteiger partial charge in [-0.3, -0.25) is 9.78 Å². The molecule has 2 aromatic rings. The van der Waals surface area contributed by atoms with Crippen LogP contribution in [0.5, 0.6) is 0 Å². The maximum atomic E-state index is 13.4. The maximum Gasteiger partial charge on any atom is 0.252 e. The summed E-state index contributed by atoms with van der Waals surface area (Å²) in [6.45, 7) is 3.15. The van der Waals surface area contributed by atoms with Crippen molar-refractivity contribution in [2.24, 2.45) is 5.92 Å². The van der Waals surface area contributed by atoms with Crippen LogP contribution in [0.3, 0.4) is 0 Å². The average molecular weight is 367 g/mol. The number of rotatable bonds is 4. The van der Waals surface area contributed by atoms with Crippen molar-refractivity contribution in [3.63, 3.8) is 0 Å². The predicted octanol–water partition coefficient (Wildman–Crippen LogP) is 3.88. The van der Waals surface area contributed by atoms with E-state index in [1.54, 1.807) is 24.4 Å². The van der Waals surface area contributed by atoms with Crippen molar-refractivity contribution in [1.82, 2.24) is 15.2 Å². The Morgan fingerprint density at radius 1 is 1.15 bits per heavy atom. The molecule has 1 N–H and O–H groups in total. The normalized spacial score (nSPS) is 22.9. The third kappa shape index (κ3) is 4.19. The van der Waals surface area contributed by atoms with Gasteiger partial charge in [-0.2, -0.15) is 0 Å². The summed E-state index contributed by atoms with van der Waals surface area (Å²) in [4.78, 5) is 19.5. The topological polar surface area (TPSA) is 45.2 Å². The molecule has 142 valence electrons. The number of nitrogens with zero attached hydrogens (tertiary/aromatic N) is 2. The predicted molar refractivity (Wildman–Crippen MR) is 104 cm³/mol. The van der Waals surface area contributed by atoms with Gasteiger partial charge in [-0.25, -0.2) is 4.39 Å². The van der Waals surface area contributed by atoms with E-state index >= 15 is 0 Å². The van der Waals surface area contributed by atoms with Gasteiger partial charge >= 0.3 is 0 Å². The molecule has 0 saturated carbocycles. The molecule has 2 aliphatic rings. The SMILES string of the molecule is O=C(NC[C@@H]1CCCN2CCCC[C@H]12)c1ccc(-c2cccc(F)c2)nc1. The second-order valence-corrected chi connectivity index (χ2v) is 7.65. The Labute approximate surface area is 159 Å². The molecule has 0 radical (unpaired) electrons. The van der Waals surface area contributed by atoms with Gasteiger partial charge in [0.25, 0.3) is 5.91 Å². The fourth-order valence-corrected chi connectivity index (χ4v) is 4.49. The quantitative estimate of drug-likeness (QED) is 0.892. The summed E-state index contributed by atoms with van der Waals surface area (Å²) >= 11 is 0. The van der Waals surface area contributed by atoms with E-state index in [4.69, 9.17) is 0 Å². The van der Waals surface area contributed by atoms with Crippen molar-refractivity contribution < 1.29 is 9.18 Å². The smallest absolute Gasteiger partial charge is 0.252 e. The lowest BCUT2D eigenvalue weighted by Gasteiger charge is -2.44. The molecule has 5 heteroatoms. The number of aromatic nitrogens is 1. The summed E-state index contributed by atoms with van der Waals surface area (Å²) in [5.41, 5.74) is 1.92. The van der Waals surface area contributed by atoms with Gasteiger partial charge in [0.2, 0.25) is 0 Å². The summed E-state index contributed by atoms with van der Waals surface area (Å²) in [6.07, 6.45) is 7.85. The largest absolute Gasteiger partial charge is 0.352 e. The monoisotopic (exact) mass is 367 g/mol. The Bertz CT molecular complexity index is 790. The standard InChI is InChI=1S/C22H26FN3O/c23-19-7-3-5-16(13-19)20-10-9-18(15-24-20)22(27)25-14-17-6-4-12-26-11-2-1-8-21(17)26/h3,5,7,9-10,13,15,17,21H,1-2,4,6,8,11-12,14H2,(H,25,27)/t17-,21+/m0/s1. The number of hydrogen-bond acceptors (Lipinski definition) is 3. The molecule has 4 nitrogen and oxygen atoms in total. The number of amides is 1. The zero-order valence-corrected chi connectivity index (χ0v) is 15.5. The molecule has 3 heterocycles. The molecule has 0 unspecified atom stereocenters. The summed E-state index contributed by atoms with van der Waals surface area (Å²) in [5.74, 6) is 0.170. The maximum absolute atomic E-state index is 13.4. The lowest BCUT2D eigenvalue weighted by molar-refractivity contribution is 0.0575. The van der Waals surface area contributed by atoms with E-state index in [1.165, 1.54) is 57.3 Å². The van der Waals surface area contributed by atoms with Crippen molar-refractivity contribution in [2.75, 3.05) is 19.6 Å². The minimum absolute atomic E-state index is 0.0822. The Hall–Kier alpha value is -2.27. The number of hydrogen-bond donors (Lipinski definition) is 1. The molecule has 2 atom stereocenters. The van der Waals surface area contributed by atoms with E-state index in [0.29, 0.717) is 28.8 Å². The molecular weight excluding hydrogens is 341 g/mol. The van der Waals surface area contributed by atoms with Crippen LogP contribution in [0.4, 0.5) is 4.39 Å². The molecule has 1 aromatic carbocycles. The molecule has 2 fully saturated rings. The highest BCUT2D eigenvalue weighted by atomic mass is 19.1. The number of benzene rings is 1. The summed E-state index contributed by atoms with van der Waals surface area (Å²) in [7, 11) is 0. The van der Waals surface area contributed by atoms with Gasteiger partial charge in [0.1, 0.15) is 5.82 Å². The summed E-state index contributed by atoms with van der Waals surface area (Å²) in [5, 5.41) is 3.10. The van der Waals surface area contributed by atoms with Crippen LogP contribution in [0.15, 0.2) is 42.6 Å². The Morgan fingerprint density at radius 2 is 2.04 bits per heavy atom. The lowest BCUT2D eigenvalue weighted by atomic mass is 9.83. The molecule has 1 amide bonds. The fourth-order valence-electron chi connectivity index (χ4n) is 4.49. The second kappa shape index (κ2) is 8.17. The number of pyridine rings is 1. The first-order chi connectivity index (χ1) is 13.2. The van der Waals surface area contributed by atoms with Gasteiger partial charge in [-0.15, -0.1) is 0 Å². The van der Waals surface area contributed by atoms with E-state index in [0.717, 1.165) is 6.54 Å².